The molecule has 0 atom stereocenters. The fourth-order valence-corrected chi connectivity index (χ4v) is 0.897. The van der Waals surface area contributed by atoms with Crippen molar-refractivity contribution in [3.63, 3.8) is 0 Å². The number of hydrogen-bond acceptors (Lipinski definition) is 2. The average Bonchev–Trinajstić information content (AvgIpc) is 2.04. The molecule has 1 radical (unpaired) electrons. The lowest BCUT2D eigenvalue weighted by atomic mass is 9.95. The molecule has 1 aliphatic carbocycles. The van der Waals surface area contributed by atoms with Gasteiger partial charge in [0.1, 0.15) is 5.92 Å². The van der Waals surface area contributed by atoms with Gasteiger partial charge in [-0.1, -0.05) is 18.2 Å². The molecule has 12 heavy (non-hydrogen) atoms. The number of aliphatic carboxylic acids is 2. The average molecular weight is 167 g/mol. The molecular formula is C8H7O4. The molecule has 0 aromatic heterocycles. The molecule has 0 bridgehead atoms. The van der Waals surface area contributed by atoms with Crippen LogP contribution in [0.4, 0.5) is 0 Å². The van der Waals surface area contributed by atoms with E-state index in [4.69, 9.17) is 10.2 Å². The van der Waals surface area contributed by atoms with E-state index in [0.717, 1.165) is 0 Å². The fourth-order valence-electron chi connectivity index (χ4n) is 0.897. The lowest BCUT2D eigenvalue weighted by Gasteiger charge is -2.09. The Hall–Kier alpha value is -1.58. The van der Waals surface area contributed by atoms with Crippen LogP contribution >= 0.6 is 0 Å². The highest BCUT2D eigenvalue weighted by molar-refractivity contribution is 5.93. The molecule has 0 spiro atoms. The molecule has 63 valence electrons. The van der Waals surface area contributed by atoms with E-state index in [-0.39, 0.29) is 17.9 Å². The minimum atomic E-state index is -1.07. The largest absolute Gasteiger partial charge is 0.481 e. The first-order valence-corrected chi connectivity index (χ1v) is 3.31. The second-order valence-corrected chi connectivity index (χ2v) is 2.36. The van der Waals surface area contributed by atoms with Gasteiger partial charge in [0, 0.05) is 12.0 Å². The van der Waals surface area contributed by atoms with Crippen molar-refractivity contribution in [1.29, 1.82) is 0 Å². The molecular weight excluding hydrogens is 160 g/mol. The standard InChI is InChI=1S/C8H7O4/c9-7(10)5-2-1-3-6(4-5)8(11)12/h1-3H,4H2,(H,9,10)(H,11,12). The van der Waals surface area contributed by atoms with E-state index in [1.807, 2.05) is 0 Å². The third kappa shape index (κ3) is 1.72. The van der Waals surface area contributed by atoms with Gasteiger partial charge in [-0.15, -0.1) is 0 Å². The van der Waals surface area contributed by atoms with Gasteiger partial charge in [0.05, 0.1) is 0 Å². The maximum atomic E-state index is 10.4. The number of hydrogen-bond donors (Lipinski definition) is 2. The Kier molecular flexibility index (Phi) is 2.28. The van der Waals surface area contributed by atoms with Gasteiger partial charge in [0.2, 0.25) is 0 Å². The highest BCUT2D eigenvalue weighted by Gasteiger charge is 2.22. The van der Waals surface area contributed by atoms with Crippen molar-refractivity contribution in [2.24, 2.45) is 0 Å². The first-order valence-electron chi connectivity index (χ1n) is 3.31. The zero-order valence-corrected chi connectivity index (χ0v) is 6.15. The lowest BCUT2D eigenvalue weighted by Crippen LogP contribution is -2.14. The number of allylic oxidation sites excluding steroid dienone is 2. The number of rotatable bonds is 2. The molecule has 2 N–H and O–H groups in total. The van der Waals surface area contributed by atoms with E-state index < -0.39 is 11.9 Å². The van der Waals surface area contributed by atoms with Gasteiger partial charge in [-0.3, -0.25) is 4.79 Å². The van der Waals surface area contributed by atoms with Crippen LogP contribution in [0.15, 0.2) is 23.8 Å². The predicted molar refractivity (Wildman–Crippen MR) is 40.4 cm³/mol. The summed E-state index contributed by atoms with van der Waals surface area (Å²) in [5.41, 5.74) is 0.106. The Morgan fingerprint density at radius 2 is 1.92 bits per heavy atom. The number of carbonyl (C=O) groups is 2. The van der Waals surface area contributed by atoms with Crippen LogP contribution in [0, 0.1) is 5.92 Å². The quantitative estimate of drug-likeness (QED) is 0.632. The molecule has 1 aliphatic rings. The van der Waals surface area contributed by atoms with Crippen LogP contribution in [0.5, 0.6) is 0 Å². The lowest BCUT2D eigenvalue weighted by molar-refractivity contribution is -0.134. The molecule has 4 nitrogen and oxygen atoms in total. The van der Waals surface area contributed by atoms with Crippen LogP contribution in [-0.4, -0.2) is 22.2 Å². The normalized spacial score (nSPS) is 17.2. The summed E-state index contributed by atoms with van der Waals surface area (Å²) in [5, 5.41) is 17.1. The van der Waals surface area contributed by atoms with Gasteiger partial charge in [0.25, 0.3) is 0 Å². The maximum Gasteiger partial charge on any atom is 0.331 e. The summed E-state index contributed by atoms with van der Waals surface area (Å²) in [6.07, 6.45) is 4.21. The smallest absolute Gasteiger partial charge is 0.331 e. The maximum absolute atomic E-state index is 10.4. The molecule has 1 rings (SSSR count). The van der Waals surface area contributed by atoms with E-state index in [9.17, 15) is 9.59 Å². The zero-order chi connectivity index (χ0) is 9.14. The van der Waals surface area contributed by atoms with Gasteiger partial charge in [-0.2, -0.15) is 0 Å². The minimum Gasteiger partial charge on any atom is -0.481 e. The zero-order valence-electron chi connectivity index (χ0n) is 6.15. The van der Waals surface area contributed by atoms with Gasteiger partial charge in [-0.05, 0) is 0 Å². The fraction of sp³-hybridized carbons (Fsp3) is 0.125. The molecule has 0 aliphatic heterocycles. The molecule has 0 amide bonds. The summed E-state index contributed by atoms with van der Waals surface area (Å²) in [5.74, 6) is -2.04. The van der Waals surface area contributed by atoms with Crippen molar-refractivity contribution in [1.82, 2.24) is 0 Å². The highest BCUT2D eigenvalue weighted by atomic mass is 16.4. The highest BCUT2D eigenvalue weighted by Crippen LogP contribution is 2.20. The third-order valence-corrected chi connectivity index (χ3v) is 1.53. The Morgan fingerprint density at radius 1 is 1.25 bits per heavy atom. The molecule has 0 fully saturated rings. The van der Waals surface area contributed by atoms with E-state index >= 15 is 0 Å². The van der Waals surface area contributed by atoms with Gasteiger partial charge < -0.3 is 10.2 Å². The molecule has 4 heteroatoms. The molecule has 0 aromatic carbocycles. The Morgan fingerprint density at radius 3 is 2.42 bits per heavy atom. The van der Waals surface area contributed by atoms with Crippen molar-refractivity contribution >= 4 is 11.9 Å². The molecule has 0 saturated heterocycles. The first-order chi connectivity index (χ1) is 5.61. The second kappa shape index (κ2) is 3.21. The second-order valence-electron chi connectivity index (χ2n) is 2.36. The predicted octanol–water partition coefficient (Wildman–Crippen LogP) is 0.616. The molecule has 0 saturated carbocycles. The van der Waals surface area contributed by atoms with Gasteiger partial charge >= 0.3 is 11.9 Å². The Balaban J connectivity index is 2.74. The topological polar surface area (TPSA) is 74.6 Å². The van der Waals surface area contributed by atoms with E-state index in [0.29, 0.717) is 0 Å². The van der Waals surface area contributed by atoms with Crippen molar-refractivity contribution in [2.75, 3.05) is 0 Å². The monoisotopic (exact) mass is 167 g/mol. The Labute approximate surface area is 68.8 Å². The van der Waals surface area contributed by atoms with Gasteiger partial charge in [-0.25, -0.2) is 4.79 Å². The number of carboxylic acids is 2. The molecule has 0 unspecified atom stereocenters. The summed E-state index contributed by atoms with van der Waals surface area (Å²) < 4.78 is 0. The van der Waals surface area contributed by atoms with Crippen molar-refractivity contribution < 1.29 is 19.8 Å². The van der Waals surface area contributed by atoms with Crippen LogP contribution in [0.1, 0.15) is 6.42 Å². The first kappa shape index (κ1) is 8.52. The van der Waals surface area contributed by atoms with Gasteiger partial charge in [0.15, 0.2) is 0 Å². The molecule has 0 heterocycles. The van der Waals surface area contributed by atoms with Crippen LogP contribution in [0.3, 0.4) is 0 Å². The van der Waals surface area contributed by atoms with Crippen LogP contribution in [0.2, 0.25) is 0 Å². The van der Waals surface area contributed by atoms with Crippen molar-refractivity contribution in [3.8, 4) is 0 Å². The van der Waals surface area contributed by atoms with Crippen molar-refractivity contribution in [3.05, 3.63) is 29.7 Å². The summed E-state index contributed by atoms with van der Waals surface area (Å²) in [6, 6.07) is 0. The Bertz CT molecular complexity index is 275. The van der Waals surface area contributed by atoms with E-state index in [1.165, 1.54) is 18.2 Å². The van der Waals surface area contributed by atoms with Crippen LogP contribution in [0.25, 0.3) is 0 Å². The van der Waals surface area contributed by atoms with Crippen LogP contribution < -0.4 is 0 Å². The molecule has 0 aromatic rings. The van der Waals surface area contributed by atoms with E-state index in [2.05, 4.69) is 0 Å². The van der Waals surface area contributed by atoms with E-state index in [1.54, 1.807) is 0 Å². The number of carboxylic acid groups (broad SMARTS) is 2. The summed E-state index contributed by atoms with van der Waals surface area (Å²) in [7, 11) is 0. The summed E-state index contributed by atoms with van der Waals surface area (Å²) in [4.78, 5) is 20.8. The SMILES string of the molecule is O=C(O)[C]1C=CC=C(C(=O)O)C1. The van der Waals surface area contributed by atoms with Crippen molar-refractivity contribution in [2.45, 2.75) is 6.42 Å². The minimum absolute atomic E-state index is 0.0127. The third-order valence-electron chi connectivity index (χ3n) is 1.53. The van der Waals surface area contributed by atoms with Crippen LogP contribution in [-0.2, 0) is 9.59 Å². The summed E-state index contributed by atoms with van der Waals surface area (Å²) in [6.45, 7) is 0. The summed E-state index contributed by atoms with van der Waals surface area (Å²) >= 11 is 0.